The molecule has 0 spiro atoms. The SMILES string of the molecule is O=C(NC(C1CC1)C(F)(F)F)c1cn(-c2c(Cl)cc(F)cc2Cl)c2nc(N3CCNC3=O)ccc2c1=O. The number of hydrogen-bond acceptors (Lipinski definition) is 4. The summed E-state index contributed by atoms with van der Waals surface area (Å²) in [6.07, 6.45) is -3.15. The van der Waals surface area contributed by atoms with Crippen molar-refractivity contribution in [3.05, 3.63) is 62.1 Å². The minimum absolute atomic E-state index is 0.0612. The van der Waals surface area contributed by atoms with Gasteiger partial charge in [0.05, 0.1) is 21.1 Å². The molecular formula is C23H17Cl2F4N5O3. The molecule has 0 radical (unpaired) electrons. The number of carbonyl (C=O) groups excluding carboxylic acids is 2. The number of benzene rings is 1. The Hall–Kier alpha value is -3.38. The number of amides is 3. The lowest BCUT2D eigenvalue weighted by Crippen LogP contribution is -2.48. The van der Waals surface area contributed by atoms with E-state index in [2.05, 4.69) is 10.3 Å². The van der Waals surface area contributed by atoms with Crippen LogP contribution < -0.4 is 21.0 Å². The van der Waals surface area contributed by atoms with Crippen LogP contribution in [0.15, 0.2) is 35.3 Å². The normalized spacial score (nSPS) is 16.7. The summed E-state index contributed by atoms with van der Waals surface area (Å²) in [6, 6.07) is 2.01. The predicted octanol–water partition coefficient (Wildman–Crippen LogP) is 4.43. The number of nitrogens with zero attached hydrogens (tertiary/aromatic N) is 3. The van der Waals surface area contributed by atoms with Gasteiger partial charge in [-0.2, -0.15) is 13.2 Å². The smallest absolute Gasteiger partial charge is 0.340 e. The highest BCUT2D eigenvalue weighted by Gasteiger charge is 2.50. The first-order valence-corrected chi connectivity index (χ1v) is 11.9. The average Bonchev–Trinajstić information content (AvgIpc) is 3.56. The third kappa shape index (κ3) is 4.71. The van der Waals surface area contributed by atoms with E-state index in [1.54, 1.807) is 0 Å². The van der Waals surface area contributed by atoms with Gasteiger partial charge in [-0.05, 0) is 43.0 Å². The van der Waals surface area contributed by atoms with Crippen LogP contribution in [0.25, 0.3) is 16.7 Å². The van der Waals surface area contributed by atoms with Crippen molar-refractivity contribution in [3.63, 3.8) is 0 Å². The number of alkyl halides is 3. The van der Waals surface area contributed by atoms with E-state index >= 15 is 0 Å². The number of anilines is 1. The third-order valence-electron chi connectivity index (χ3n) is 6.17. The van der Waals surface area contributed by atoms with E-state index in [4.69, 9.17) is 23.2 Å². The molecule has 1 aliphatic heterocycles. The van der Waals surface area contributed by atoms with E-state index < -0.39 is 46.9 Å². The van der Waals surface area contributed by atoms with Crippen LogP contribution in [0.4, 0.5) is 28.2 Å². The van der Waals surface area contributed by atoms with Gasteiger partial charge >= 0.3 is 12.2 Å². The number of urea groups is 1. The lowest BCUT2D eigenvalue weighted by Gasteiger charge is -2.22. The zero-order valence-electron chi connectivity index (χ0n) is 18.7. The second kappa shape index (κ2) is 9.18. The largest absolute Gasteiger partial charge is 0.408 e. The summed E-state index contributed by atoms with van der Waals surface area (Å²) in [4.78, 5) is 44.1. The van der Waals surface area contributed by atoms with Gasteiger partial charge in [-0.3, -0.25) is 19.1 Å². The lowest BCUT2D eigenvalue weighted by molar-refractivity contribution is -0.158. The summed E-state index contributed by atoms with van der Waals surface area (Å²) in [5.74, 6) is -2.62. The molecular weight excluding hydrogens is 541 g/mol. The number of hydrogen-bond donors (Lipinski definition) is 2. The number of aromatic nitrogens is 2. The molecule has 1 aromatic carbocycles. The van der Waals surface area contributed by atoms with Crippen molar-refractivity contribution in [2.24, 2.45) is 5.92 Å². The van der Waals surface area contributed by atoms with E-state index in [-0.39, 0.29) is 32.6 Å². The minimum Gasteiger partial charge on any atom is -0.340 e. The maximum Gasteiger partial charge on any atom is 0.408 e. The van der Waals surface area contributed by atoms with E-state index in [1.807, 2.05) is 5.32 Å². The van der Waals surface area contributed by atoms with Crippen LogP contribution in [0.2, 0.25) is 10.0 Å². The Morgan fingerprint density at radius 3 is 2.41 bits per heavy atom. The Morgan fingerprint density at radius 1 is 1.16 bits per heavy atom. The summed E-state index contributed by atoms with van der Waals surface area (Å²) in [6.45, 7) is 0.654. The van der Waals surface area contributed by atoms with Crippen molar-refractivity contribution in [1.29, 1.82) is 0 Å². The molecule has 2 fully saturated rings. The van der Waals surface area contributed by atoms with Crippen molar-refractivity contribution >= 4 is 52.0 Å². The van der Waals surface area contributed by atoms with Crippen LogP contribution >= 0.6 is 23.2 Å². The first-order chi connectivity index (χ1) is 17.5. The molecule has 3 aromatic rings. The highest BCUT2D eigenvalue weighted by molar-refractivity contribution is 6.37. The Bertz CT molecular complexity index is 1480. The van der Waals surface area contributed by atoms with Gasteiger partial charge in [-0.25, -0.2) is 14.2 Å². The summed E-state index contributed by atoms with van der Waals surface area (Å²) >= 11 is 12.5. The predicted molar refractivity (Wildman–Crippen MR) is 128 cm³/mol. The number of halogens is 6. The second-order valence-corrected chi connectivity index (χ2v) is 9.53. The molecule has 1 unspecified atom stereocenters. The van der Waals surface area contributed by atoms with E-state index in [0.29, 0.717) is 25.9 Å². The van der Waals surface area contributed by atoms with Gasteiger partial charge in [-0.15, -0.1) is 0 Å². The standard InChI is InChI=1S/C23H17Cl2F4N5O3/c24-14-7-11(26)8-15(25)17(14)34-9-13(21(36)32-19(10-1-2-10)23(27,28)29)18(35)12-3-4-16(31-20(12)34)33-6-5-30-22(33)37/h3-4,7-10,19H,1-2,5-6H2,(H,30,37)(H,32,36). The topological polar surface area (TPSA) is 96.3 Å². The zero-order chi connectivity index (χ0) is 26.6. The minimum atomic E-state index is -4.71. The highest BCUT2D eigenvalue weighted by Crippen LogP contribution is 2.40. The summed E-state index contributed by atoms with van der Waals surface area (Å²) in [7, 11) is 0. The van der Waals surface area contributed by atoms with Crippen molar-refractivity contribution < 1.29 is 27.2 Å². The highest BCUT2D eigenvalue weighted by atomic mass is 35.5. The molecule has 3 heterocycles. The fraction of sp³-hybridized carbons (Fsp3) is 0.304. The number of nitrogens with one attached hydrogen (secondary N) is 2. The monoisotopic (exact) mass is 557 g/mol. The number of carbonyl (C=O) groups is 2. The van der Waals surface area contributed by atoms with Gasteiger partial charge in [0.1, 0.15) is 23.2 Å². The van der Waals surface area contributed by atoms with E-state index in [9.17, 15) is 31.9 Å². The molecule has 1 saturated carbocycles. The lowest BCUT2D eigenvalue weighted by atomic mass is 10.1. The van der Waals surface area contributed by atoms with E-state index in [0.717, 1.165) is 22.9 Å². The molecule has 1 aliphatic carbocycles. The van der Waals surface area contributed by atoms with Gasteiger partial charge in [-0.1, -0.05) is 23.2 Å². The van der Waals surface area contributed by atoms with Gasteiger partial charge in [0.2, 0.25) is 5.43 Å². The molecule has 1 atom stereocenters. The first kappa shape index (κ1) is 25.3. The molecule has 2 aromatic heterocycles. The first-order valence-electron chi connectivity index (χ1n) is 11.1. The molecule has 2 aliphatic rings. The third-order valence-corrected chi connectivity index (χ3v) is 6.75. The summed E-state index contributed by atoms with van der Waals surface area (Å²) in [5, 5.41) is 3.98. The fourth-order valence-corrected chi connectivity index (χ4v) is 4.89. The van der Waals surface area contributed by atoms with Crippen molar-refractivity contribution in [3.8, 4) is 5.69 Å². The van der Waals surface area contributed by atoms with Gasteiger partial charge in [0.25, 0.3) is 5.91 Å². The average molecular weight is 558 g/mol. The Morgan fingerprint density at radius 2 is 1.84 bits per heavy atom. The number of fused-ring (bicyclic) bond motifs is 1. The molecule has 2 N–H and O–H groups in total. The van der Waals surface area contributed by atoms with Crippen LogP contribution in [0.5, 0.6) is 0 Å². The quantitative estimate of drug-likeness (QED) is 0.453. The van der Waals surface area contributed by atoms with E-state index in [1.165, 1.54) is 17.0 Å². The molecule has 194 valence electrons. The number of rotatable bonds is 5. The van der Waals surface area contributed by atoms with Crippen LogP contribution in [-0.4, -0.2) is 46.8 Å². The molecule has 14 heteroatoms. The van der Waals surface area contributed by atoms with Crippen LogP contribution in [0.3, 0.4) is 0 Å². The van der Waals surface area contributed by atoms with Crippen LogP contribution in [0, 0.1) is 11.7 Å². The summed E-state index contributed by atoms with van der Waals surface area (Å²) in [5.41, 5.74) is -1.66. The van der Waals surface area contributed by atoms with Crippen molar-refractivity contribution in [1.82, 2.24) is 20.2 Å². The molecule has 37 heavy (non-hydrogen) atoms. The second-order valence-electron chi connectivity index (χ2n) is 8.71. The van der Waals surface area contributed by atoms with Gasteiger partial charge in [0.15, 0.2) is 5.65 Å². The number of pyridine rings is 2. The Balaban J connectivity index is 1.71. The maximum absolute atomic E-state index is 13.9. The Labute approximate surface area is 216 Å². The molecule has 0 bridgehead atoms. The fourth-order valence-electron chi connectivity index (χ4n) is 4.25. The van der Waals surface area contributed by atoms with Gasteiger partial charge < -0.3 is 10.6 Å². The van der Waals surface area contributed by atoms with Crippen molar-refractivity contribution in [2.45, 2.75) is 25.1 Å². The van der Waals surface area contributed by atoms with Crippen LogP contribution in [0.1, 0.15) is 23.2 Å². The molecule has 1 saturated heterocycles. The molecule has 8 nitrogen and oxygen atoms in total. The summed E-state index contributed by atoms with van der Waals surface area (Å²) < 4.78 is 55.6. The zero-order valence-corrected chi connectivity index (χ0v) is 20.2. The Kier molecular flexibility index (Phi) is 6.27. The molecule has 5 rings (SSSR count). The maximum atomic E-state index is 13.9. The van der Waals surface area contributed by atoms with Crippen LogP contribution in [-0.2, 0) is 0 Å². The van der Waals surface area contributed by atoms with Gasteiger partial charge in [0, 0.05) is 19.3 Å². The van der Waals surface area contributed by atoms with Crippen molar-refractivity contribution in [2.75, 3.05) is 18.0 Å². The molecule has 3 amide bonds.